The molecule has 0 unspecified atom stereocenters. The predicted octanol–water partition coefficient (Wildman–Crippen LogP) is 2.32. The van der Waals surface area contributed by atoms with E-state index in [0.29, 0.717) is 0 Å². The van der Waals surface area contributed by atoms with Crippen molar-refractivity contribution in [3.8, 4) is 5.75 Å². The zero-order valence-corrected chi connectivity index (χ0v) is 9.79. The molecule has 5 heteroatoms. The van der Waals surface area contributed by atoms with Crippen molar-refractivity contribution in [1.82, 2.24) is 0 Å². The largest absolute Gasteiger partial charge is 0.484 e. The van der Waals surface area contributed by atoms with Crippen molar-refractivity contribution in [1.29, 1.82) is 0 Å². The van der Waals surface area contributed by atoms with Gasteiger partial charge in [0.25, 0.3) is 0 Å². The molecule has 0 heterocycles. The highest BCUT2D eigenvalue weighted by Crippen LogP contribution is 2.17. The van der Waals surface area contributed by atoms with Gasteiger partial charge < -0.3 is 4.74 Å². The van der Waals surface area contributed by atoms with Gasteiger partial charge in [-0.3, -0.25) is 0 Å². The van der Waals surface area contributed by atoms with Crippen LogP contribution in [0.4, 0.5) is 13.2 Å². The maximum atomic E-state index is 11.8. The molecule has 0 aromatic heterocycles. The fourth-order valence-electron chi connectivity index (χ4n) is 1.11. The topological polar surface area (TPSA) is 9.23 Å². The molecule has 15 heavy (non-hydrogen) atoms. The van der Waals surface area contributed by atoms with E-state index >= 15 is 0 Å². The predicted molar refractivity (Wildman–Crippen MR) is 56.5 cm³/mol. The van der Waals surface area contributed by atoms with Crippen LogP contribution in [-0.2, 0) is 0 Å². The Bertz CT molecular complexity index is 305. The molecule has 0 saturated heterocycles. The summed E-state index contributed by atoms with van der Waals surface area (Å²) in [6.07, 6.45) is -4.27. The molecule has 0 radical (unpaired) electrons. The van der Waals surface area contributed by atoms with Crippen molar-refractivity contribution in [2.24, 2.45) is 0 Å². The third kappa shape index (κ3) is 4.38. The SMILES string of the molecule is C[SiH](C)c1ccc(OCC(F)(F)F)cc1. The van der Waals surface area contributed by atoms with E-state index < -0.39 is 21.6 Å². The molecule has 1 nitrogen and oxygen atoms in total. The summed E-state index contributed by atoms with van der Waals surface area (Å²) in [6, 6.07) is 6.85. The lowest BCUT2D eigenvalue weighted by Gasteiger charge is -2.10. The molecule has 0 atom stereocenters. The van der Waals surface area contributed by atoms with Gasteiger partial charge in [-0.1, -0.05) is 30.4 Å². The minimum absolute atomic E-state index is 0.269. The first kappa shape index (κ1) is 12.1. The highest BCUT2D eigenvalue weighted by molar-refractivity contribution is 6.70. The second-order valence-corrected chi connectivity index (χ2v) is 6.60. The third-order valence-corrected chi connectivity index (χ3v) is 3.67. The molecule has 0 saturated carbocycles. The average Bonchev–Trinajstić information content (AvgIpc) is 2.14. The lowest BCUT2D eigenvalue weighted by molar-refractivity contribution is -0.153. The second-order valence-electron chi connectivity index (χ2n) is 3.63. The number of halogens is 3. The molecule has 0 amide bonds. The van der Waals surface area contributed by atoms with E-state index in [0.717, 1.165) is 0 Å². The highest BCUT2D eigenvalue weighted by atomic mass is 28.3. The number of benzene rings is 1. The van der Waals surface area contributed by atoms with Gasteiger partial charge in [0.05, 0.1) is 8.80 Å². The maximum absolute atomic E-state index is 11.8. The normalized spacial score (nSPS) is 11.9. The Balaban J connectivity index is 2.57. The summed E-state index contributed by atoms with van der Waals surface area (Å²) in [5.74, 6) is 0.269. The minimum Gasteiger partial charge on any atom is -0.484 e. The fraction of sp³-hybridized carbons (Fsp3) is 0.400. The molecule has 0 spiro atoms. The molecule has 0 bridgehead atoms. The van der Waals surface area contributed by atoms with Crippen LogP contribution in [0.2, 0.25) is 13.1 Å². The molecule has 0 aliphatic rings. The maximum Gasteiger partial charge on any atom is 0.422 e. The van der Waals surface area contributed by atoms with E-state index in [1.165, 1.54) is 5.19 Å². The van der Waals surface area contributed by atoms with E-state index in [1.807, 2.05) is 12.1 Å². The molecule has 1 rings (SSSR count). The Morgan fingerprint density at radius 3 is 2.07 bits per heavy atom. The van der Waals surface area contributed by atoms with Crippen molar-refractivity contribution in [3.63, 3.8) is 0 Å². The number of hydrogen-bond donors (Lipinski definition) is 0. The van der Waals surface area contributed by atoms with Crippen LogP contribution in [0.15, 0.2) is 24.3 Å². The molecule has 84 valence electrons. The zero-order valence-electron chi connectivity index (χ0n) is 8.64. The molecule has 0 N–H and O–H groups in total. The van der Waals surface area contributed by atoms with Gasteiger partial charge in [0.2, 0.25) is 0 Å². The fourth-order valence-corrected chi connectivity index (χ4v) is 2.08. The second kappa shape index (κ2) is 4.70. The molecule has 0 aliphatic heterocycles. The van der Waals surface area contributed by atoms with E-state index in [-0.39, 0.29) is 5.75 Å². The Morgan fingerprint density at radius 1 is 1.13 bits per heavy atom. The quantitative estimate of drug-likeness (QED) is 0.729. The summed E-state index contributed by atoms with van der Waals surface area (Å²) >= 11 is 0. The molecular formula is C10H13F3OSi. The van der Waals surface area contributed by atoms with Crippen LogP contribution >= 0.6 is 0 Å². The third-order valence-electron chi connectivity index (χ3n) is 1.95. The van der Waals surface area contributed by atoms with Gasteiger partial charge in [-0.05, 0) is 12.1 Å². The van der Waals surface area contributed by atoms with Gasteiger partial charge in [-0.2, -0.15) is 13.2 Å². The summed E-state index contributed by atoms with van der Waals surface area (Å²) in [6.45, 7) is 3.09. The Hall–Kier alpha value is -0.973. The van der Waals surface area contributed by atoms with Crippen molar-refractivity contribution in [2.75, 3.05) is 6.61 Å². The smallest absolute Gasteiger partial charge is 0.422 e. The zero-order chi connectivity index (χ0) is 11.5. The lowest BCUT2D eigenvalue weighted by Crippen LogP contribution is -2.22. The van der Waals surface area contributed by atoms with Gasteiger partial charge in [-0.25, -0.2) is 0 Å². The highest BCUT2D eigenvalue weighted by Gasteiger charge is 2.28. The molecular weight excluding hydrogens is 221 g/mol. The van der Waals surface area contributed by atoms with E-state index in [2.05, 4.69) is 17.8 Å². The monoisotopic (exact) mass is 234 g/mol. The first-order chi connectivity index (χ1) is 6.88. The van der Waals surface area contributed by atoms with Crippen LogP contribution in [0.1, 0.15) is 0 Å². The van der Waals surface area contributed by atoms with E-state index in [9.17, 15) is 13.2 Å². The Kier molecular flexibility index (Phi) is 3.79. The van der Waals surface area contributed by atoms with Crippen LogP contribution in [0.5, 0.6) is 5.75 Å². The van der Waals surface area contributed by atoms with Gasteiger partial charge >= 0.3 is 6.18 Å². The van der Waals surface area contributed by atoms with Crippen molar-refractivity contribution >= 4 is 14.0 Å². The van der Waals surface area contributed by atoms with E-state index in [1.54, 1.807) is 12.1 Å². The lowest BCUT2D eigenvalue weighted by atomic mass is 10.3. The van der Waals surface area contributed by atoms with Gasteiger partial charge in [-0.15, -0.1) is 0 Å². The van der Waals surface area contributed by atoms with Gasteiger partial charge in [0.1, 0.15) is 5.75 Å². The van der Waals surface area contributed by atoms with Crippen molar-refractivity contribution < 1.29 is 17.9 Å². The Morgan fingerprint density at radius 2 is 1.67 bits per heavy atom. The minimum atomic E-state index is -4.27. The number of rotatable bonds is 3. The van der Waals surface area contributed by atoms with Crippen LogP contribution in [0.25, 0.3) is 0 Å². The van der Waals surface area contributed by atoms with E-state index in [4.69, 9.17) is 0 Å². The number of ether oxygens (including phenoxy) is 1. The summed E-state index contributed by atoms with van der Waals surface area (Å²) in [5, 5.41) is 1.22. The van der Waals surface area contributed by atoms with Gasteiger partial charge in [0.15, 0.2) is 6.61 Å². The standard InChI is InChI=1S/C10H13F3OSi/c1-15(2)9-5-3-8(4-6-9)14-7-10(11,12)13/h3-6,15H,7H2,1-2H3. The average molecular weight is 234 g/mol. The first-order valence-corrected chi connectivity index (χ1v) is 7.56. The molecule has 1 aromatic rings. The molecule has 1 aromatic carbocycles. The summed E-state index contributed by atoms with van der Waals surface area (Å²) in [4.78, 5) is 0. The summed E-state index contributed by atoms with van der Waals surface area (Å²) in [7, 11) is -0.881. The summed E-state index contributed by atoms with van der Waals surface area (Å²) in [5.41, 5.74) is 0. The molecule has 0 aliphatic carbocycles. The molecule has 0 fully saturated rings. The van der Waals surface area contributed by atoms with Crippen LogP contribution in [0.3, 0.4) is 0 Å². The number of hydrogen-bond acceptors (Lipinski definition) is 1. The Labute approximate surface area is 88.5 Å². The van der Waals surface area contributed by atoms with Gasteiger partial charge in [0, 0.05) is 0 Å². The van der Waals surface area contributed by atoms with Crippen LogP contribution < -0.4 is 9.92 Å². The van der Waals surface area contributed by atoms with Crippen molar-refractivity contribution in [2.45, 2.75) is 19.3 Å². The van der Waals surface area contributed by atoms with Crippen LogP contribution in [0, 0.1) is 0 Å². The van der Waals surface area contributed by atoms with Crippen LogP contribution in [-0.4, -0.2) is 21.6 Å². The summed E-state index contributed by atoms with van der Waals surface area (Å²) < 4.78 is 40.1. The van der Waals surface area contributed by atoms with Crippen molar-refractivity contribution in [3.05, 3.63) is 24.3 Å². The first-order valence-electron chi connectivity index (χ1n) is 4.68. The number of alkyl halides is 3.